The predicted molar refractivity (Wildman–Crippen MR) is 93.7 cm³/mol. The molecule has 1 atom stereocenters. The zero-order valence-corrected chi connectivity index (χ0v) is 14.9. The first kappa shape index (κ1) is 16.7. The molecule has 8 nitrogen and oxygen atoms in total. The van der Waals surface area contributed by atoms with Crippen molar-refractivity contribution in [3.8, 4) is 11.6 Å². The van der Waals surface area contributed by atoms with Gasteiger partial charge >= 0.3 is 0 Å². The Hall–Kier alpha value is -2.74. The highest BCUT2D eigenvalue weighted by atomic mass is 35.5. The number of likely N-dealkylation sites (tertiary alicyclic amines) is 1. The van der Waals surface area contributed by atoms with E-state index in [-0.39, 0.29) is 11.9 Å². The fraction of sp³-hybridized carbons (Fsp3) is 0.353. The summed E-state index contributed by atoms with van der Waals surface area (Å²) in [6.45, 7) is 3.05. The second kappa shape index (κ2) is 6.87. The van der Waals surface area contributed by atoms with Crippen LogP contribution in [-0.4, -0.2) is 49.0 Å². The van der Waals surface area contributed by atoms with E-state index in [0.717, 1.165) is 19.4 Å². The third-order valence-corrected chi connectivity index (χ3v) is 4.66. The van der Waals surface area contributed by atoms with Crippen molar-refractivity contribution in [2.45, 2.75) is 25.8 Å². The molecule has 4 rings (SSSR count). The molecule has 26 heavy (non-hydrogen) atoms. The molecule has 1 saturated heterocycles. The molecule has 3 heterocycles. The largest absolute Gasteiger partial charge is 0.337 e. The first-order chi connectivity index (χ1) is 12.6. The minimum atomic E-state index is -0.000712. The molecule has 134 valence electrons. The molecule has 0 spiro atoms. The van der Waals surface area contributed by atoms with Gasteiger partial charge in [0, 0.05) is 23.7 Å². The summed E-state index contributed by atoms with van der Waals surface area (Å²) in [7, 11) is 0. The van der Waals surface area contributed by atoms with Crippen molar-refractivity contribution >= 4 is 17.5 Å². The van der Waals surface area contributed by atoms with Crippen molar-refractivity contribution in [2.75, 3.05) is 13.1 Å². The van der Waals surface area contributed by atoms with Crippen molar-refractivity contribution in [2.24, 2.45) is 0 Å². The summed E-state index contributed by atoms with van der Waals surface area (Å²) >= 11 is 5.90. The number of hydrogen-bond acceptors (Lipinski definition) is 6. The Morgan fingerprint density at radius 2 is 2.12 bits per heavy atom. The fourth-order valence-corrected chi connectivity index (χ4v) is 3.21. The summed E-state index contributed by atoms with van der Waals surface area (Å²) in [6, 6.07) is 7.02. The van der Waals surface area contributed by atoms with E-state index in [4.69, 9.17) is 16.1 Å². The van der Waals surface area contributed by atoms with E-state index >= 15 is 0 Å². The first-order valence-electron chi connectivity index (χ1n) is 8.37. The van der Waals surface area contributed by atoms with E-state index in [1.807, 2.05) is 4.90 Å². The van der Waals surface area contributed by atoms with E-state index < -0.39 is 0 Å². The topological polar surface area (TPSA) is 89.9 Å². The maximum atomic E-state index is 12.7. The van der Waals surface area contributed by atoms with Crippen LogP contribution in [0.25, 0.3) is 11.6 Å². The van der Waals surface area contributed by atoms with Crippen LogP contribution in [0.1, 0.15) is 35.1 Å². The Morgan fingerprint density at radius 3 is 2.85 bits per heavy atom. The predicted octanol–water partition coefficient (Wildman–Crippen LogP) is 2.77. The van der Waals surface area contributed by atoms with Gasteiger partial charge in [0.05, 0.1) is 12.2 Å². The van der Waals surface area contributed by atoms with Crippen molar-refractivity contribution in [1.29, 1.82) is 0 Å². The molecule has 0 radical (unpaired) electrons. The van der Waals surface area contributed by atoms with Gasteiger partial charge in [0.15, 0.2) is 11.5 Å². The average Bonchev–Trinajstić information content (AvgIpc) is 3.31. The molecule has 0 aliphatic carbocycles. The number of halogens is 1. The standard InChI is InChI=1S/C17H17ClN6O2/c1-11-19-16(26-21-11)15-10-24(22-20-15)14-3-2-8-23(9-14)17(25)12-4-6-13(18)7-5-12/h4-7,10,14H,2-3,8-9H2,1H3. The highest BCUT2D eigenvalue weighted by Crippen LogP contribution is 2.24. The lowest BCUT2D eigenvalue weighted by Crippen LogP contribution is -2.40. The third kappa shape index (κ3) is 3.32. The number of amides is 1. The van der Waals surface area contributed by atoms with Crippen LogP contribution in [0.2, 0.25) is 5.02 Å². The van der Waals surface area contributed by atoms with Crippen LogP contribution < -0.4 is 0 Å². The van der Waals surface area contributed by atoms with Crippen molar-refractivity contribution in [1.82, 2.24) is 30.0 Å². The maximum Gasteiger partial charge on any atom is 0.280 e. The zero-order valence-electron chi connectivity index (χ0n) is 14.2. The Kier molecular flexibility index (Phi) is 4.42. The van der Waals surface area contributed by atoms with Gasteiger partial charge in [0.25, 0.3) is 11.8 Å². The van der Waals surface area contributed by atoms with Gasteiger partial charge in [-0.3, -0.25) is 4.79 Å². The van der Waals surface area contributed by atoms with Gasteiger partial charge in [-0.2, -0.15) is 4.98 Å². The molecule has 2 aromatic heterocycles. The summed E-state index contributed by atoms with van der Waals surface area (Å²) in [6.07, 6.45) is 3.61. The second-order valence-electron chi connectivity index (χ2n) is 6.28. The molecular weight excluding hydrogens is 356 g/mol. The van der Waals surface area contributed by atoms with Gasteiger partial charge in [-0.25, -0.2) is 4.68 Å². The van der Waals surface area contributed by atoms with Gasteiger partial charge in [-0.15, -0.1) is 5.10 Å². The average molecular weight is 373 g/mol. The molecule has 1 amide bonds. The normalized spacial score (nSPS) is 17.5. The lowest BCUT2D eigenvalue weighted by molar-refractivity contribution is 0.0672. The summed E-state index contributed by atoms with van der Waals surface area (Å²) in [4.78, 5) is 18.7. The van der Waals surface area contributed by atoms with Gasteiger partial charge in [0.1, 0.15) is 0 Å². The highest BCUT2D eigenvalue weighted by molar-refractivity contribution is 6.30. The summed E-state index contributed by atoms with van der Waals surface area (Å²) in [5.41, 5.74) is 1.17. The molecule has 1 aliphatic rings. The molecule has 3 aromatic rings. The molecule has 0 N–H and O–H groups in total. The minimum Gasteiger partial charge on any atom is -0.337 e. The van der Waals surface area contributed by atoms with E-state index in [1.54, 1.807) is 42.1 Å². The Balaban J connectivity index is 1.49. The fourth-order valence-electron chi connectivity index (χ4n) is 3.08. The van der Waals surface area contributed by atoms with Gasteiger partial charge in [-0.1, -0.05) is 22.0 Å². The molecule has 9 heteroatoms. The van der Waals surface area contributed by atoms with Crippen molar-refractivity contribution < 1.29 is 9.32 Å². The molecule has 0 saturated carbocycles. The van der Waals surface area contributed by atoms with Crippen molar-refractivity contribution in [3.05, 3.63) is 46.9 Å². The maximum absolute atomic E-state index is 12.7. The van der Waals surface area contributed by atoms with Gasteiger partial charge in [-0.05, 0) is 44.0 Å². The van der Waals surface area contributed by atoms with E-state index in [9.17, 15) is 4.79 Å². The summed E-state index contributed by atoms with van der Waals surface area (Å²) in [5.74, 6) is 0.893. The van der Waals surface area contributed by atoms with Gasteiger partial charge < -0.3 is 9.42 Å². The number of nitrogens with zero attached hydrogens (tertiary/aromatic N) is 6. The Bertz CT molecular complexity index is 919. The number of aryl methyl sites for hydroxylation is 1. The second-order valence-corrected chi connectivity index (χ2v) is 6.72. The van der Waals surface area contributed by atoms with Crippen LogP contribution in [0.4, 0.5) is 0 Å². The zero-order chi connectivity index (χ0) is 18.1. The van der Waals surface area contributed by atoms with Crippen LogP contribution in [0.5, 0.6) is 0 Å². The van der Waals surface area contributed by atoms with Crippen LogP contribution in [0, 0.1) is 6.92 Å². The lowest BCUT2D eigenvalue weighted by atomic mass is 10.0. The van der Waals surface area contributed by atoms with Gasteiger partial charge in [0.2, 0.25) is 0 Å². The quantitative estimate of drug-likeness (QED) is 0.702. The number of carbonyl (C=O) groups is 1. The number of hydrogen-bond donors (Lipinski definition) is 0. The summed E-state index contributed by atoms with van der Waals surface area (Å²) < 4.78 is 6.90. The third-order valence-electron chi connectivity index (χ3n) is 4.41. The molecule has 1 unspecified atom stereocenters. The number of carbonyl (C=O) groups excluding carboxylic acids is 1. The minimum absolute atomic E-state index is 0.000712. The number of piperidine rings is 1. The highest BCUT2D eigenvalue weighted by Gasteiger charge is 2.27. The Labute approximate surface area is 154 Å². The van der Waals surface area contributed by atoms with E-state index in [1.165, 1.54) is 0 Å². The van der Waals surface area contributed by atoms with E-state index in [2.05, 4.69) is 20.5 Å². The monoisotopic (exact) mass is 372 g/mol. The number of benzene rings is 1. The molecule has 1 aromatic carbocycles. The SMILES string of the molecule is Cc1noc(-c2cn(C3CCCN(C(=O)c4ccc(Cl)cc4)C3)nn2)n1. The first-order valence-corrected chi connectivity index (χ1v) is 8.75. The van der Waals surface area contributed by atoms with Crippen LogP contribution in [-0.2, 0) is 0 Å². The van der Waals surface area contributed by atoms with Crippen LogP contribution >= 0.6 is 11.6 Å². The van der Waals surface area contributed by atoms with Crippen LogP contribution in [0.15, 0.2) is 35.0 Å². The number of aromatic nitrogens is 5. The molecule has 0 bridgehead atoms. The summed E-state index contributed by atoms with van der Waals surface area (Å²) in [5, 5.41) is 12.7. The lowest BCUT2D eigenvalue weighted by Gasteiger charge is -2.32. The van der Waals surface area contributed by atoms with Crippen molar-refractivity contribution in [3.63, 3.8) is 0 Å². The molecular formula is C17H17ClN6O2. The van der Waals surface area contributed by atoms with E-state index in [0.29, 0.717) is 34.5 Å². The number of rotatable bonds is 3. The Morgan fingerprint density at radius 1 is 1.31 bits per heavy atom. The molecule has 1 aliphatic heterocycles. The van der Waals surface area contributed by atoms with Crippen LogP contribution in [0.3, 0.4) is 0 Å². The smallest absolute Gasteiger partial charge is 0.280 e. The molecule has 1 fully saturated rings.